The SMILES string of the molecule is CCCCCCCCC(O)C=CCCCCCCC(=O)O. The minimum absolute atomic E-state index is 0.285. The summed E-state index contributed by atoms with van der Waals surface area (Å²) in [6, 6.07) is 0. The van der Waals surface area contributed by atoms with E-state index in [1.54, 1.807) is 0 Å². The summed E-state index contributed by atoms with van der Waals surface area (Å²) in [7, 11) is 0. The number of aliphatic hydroxyl groups excluding tert-OH is 1. The molecule has 0 aromatic rings. The van der Waals surface area contributed by atoms with Crippen LogP contribution < -0.4 is 0 Å². The third-order valence-electron chi connectivity index (χ3n) is 3.72. The molecular weight excluding hydrogens is 264 g/mol. The summed E-state index contributed by atoms with van der Waals surface area (Å²) in [6.07, 6.45) is 17.3. The van der Waals surface area contributed by atoms with Crippen molar-refractivity contribution in [1.82, 2.24) is 0 Å². The molecule has 1 atom stereocenters. The van der Waals surface area contributed by atoms with Gasteiger partial charge < -0.3 is 10.2 Å². The Bertz CT molecular complexity index is 261. The van der Waals surface area contributed by atoms with Crippen LogP contribution in [-0.2, 0) is 4.79 Å². The zero-order valence-electron chi connectivity index (χ0n) is 13.7. The Balaban J connectivity index is 3.29. The van der Waals surface area contributed by atoms with Gasteiger partial charge in [0, 0.05) is 6.42 Å². The van der Waals surface area contributed by atoms with Crippen LogP contribution in [-0.4, -0.2) is 22.3 Å². The lowest BCUT2D eigenvalue weighted by Crippen LogP contribution is -2.01. The van der Waals surface area contributed by atoms with E-state index in [9.17, 15) is 9.90 Å². The number of unbranched alkanes of at least 4 members (excludes halogenated alkanes) is 9. The minimum Gasteiger partial charge on any atom is -0.481 e. The number of aliphatic carboxylic acids is 1. The lowest BCUT2D eigenvalue weighted by molar-refractivity contribution is -0.137. The first kappa shape index (κ1) is 20.2. The molecule has 0 fully saturated rings. The molecule has 3 nitrogen and oxygen atoms in total. The number of hydrogen-bond donors (Lipinski definition) is 2. The summed E-state index contributed by atoms with van der Waals surface area (Å²) in [5, 5.41) is 18.3. The third-order valence-corrected chi connectivity index (χ3v) is 3.72. The fourth-order valence-electron chi connectivity index (χ4n) is 2.38. The van der Waals surface area contributed by atoms with Crippen molar-refractivity contribution in [2.24, 2.45) is 0 Å². The van der Waals surface area contributed by atoms with Crippen LogP contribution >= 0.6 is 0 Å². The van der Waals surface area contributed by atoms with E-state index in [4.69, 9.17) is 5.11 Å². The van der Waals surface area contributed by atoms with Crippen LogP contribution in [0.25, 0.3) is 0 Å². The number of allylic oxidation sites excluding steroid dienone is 1. The molecule has 0 aromatic carbocycles. The van der Waals surface area contributed by atoms with Crippen molar-refractivity contribution < 1.29 is 15.0 Å². The maximum atomic E-state index is 10.3. The molecule has 0 heterocycles. The Morgan fingerprint density at radius 1 is 0.952 bits per heavy atom. The van der Waals surface area contributed by atoms with E-state index < -0.39 is 5.97 Å². The Morgan fingerprint density at radius 3 is 2.29 bits per heavy atom. The molecule has 0 amide bonds. The number of rotatable bonds is 15. The second-order valence-electron chi connectivity index (χ2n) is 5.90. The largest absolute Gasteiger partial charge is 0.481 e. The van der Waals surface area contributed by atoms with E-state index in [1.807, 2.05) is 6.08 Å². The molecule has 0 aliphatic rings. The van der Waals surface area contributed by atoms with Crippen molar-refractivity contribution in [3.05, 3.63) is 12.2 Å². The third kappa shape index (κ3) is 17.1. The number of aliphatic hydroxyl groups is 1. The Morgan fingerprint density at radius 2 is 1.57 bits per heavy atom. The summed E-state index contributed by atoms with van der Waals surface area (Å²) in [5.41, 5.74) is 0. The molecule has 124 valence electrons. The molecule has 0 radical (unpaired) electrons. The summed E-state index contributed by atoms with van der Waals surface area (Å²) >= 11 is 0. The molecule has 3 heteroatoms. The van der Waals surface area contributed by atoms with Crippen molar-refractivity contribution >= 4 is 5.97 Å². The minimum atomic E-state index is -0.701. The zero-order valence-corrected chi connectivity index (χ0v) is 13.7. The van der Waals surface area contributed by atoms with E-state index in [-0.39, 0.29) is 12.5 Å². The fourth-order valence-corrected chi connectivity index (χ4v) is 2.38. The first-order valence-corrected chi connectivity index (χ1v) is 8.73. The van der Waals surface area contributed by atoms with Gasteiger partial charge in [0.25, 0.3) is 0 Å². The first-order valence-electron chi connectivity index (χ1n) is 8.73. The fraction of sp³-hybridized carbons (Fsp3) is 0.833. The van der Waals surface area contributed by atoms with E-state index in [0.717, 1.165) is 44.9 Å². The van der Waals surface area contributed by atoms with Gasteiger partial charge in [0.15, 0.2) is 0 Å². The Labute approximate surface area is 130 Å². The van der Waals surface area contributed by atoms with Crippen LogP contribution in [0.15, 0.2) is 12.2 Å². The Hall–Kier alpha value is -0.830. The van der Waals surface area contributed by atoms with E-state index >= 15 is 0 Å². The van der Waals surface area contributed by atoms with Crippen LogP contribution in [0.4, 0.5) is 0 Å². The molecule has 0 saturated carbocycles. The van der Waals surface area contributed by atoms with Gasteiger partial charge in [0.2, 0.25) is 0 Å². The van der Waals surface area contributed by atoms with Crippen LogP contribution in [0.5, 0.6) is 0 Å². The molecule has 0 spiro atoms. The van der Waals surface area contributed by atoms with Crippen LogP contribution in [0, 0.1) is 0 Å². The van der Waals surface area contributed by atoms with Gasteiger partial charge in [0.1, 0.15) is 0 Å². The predicted octanol–water partition coefficient (Wildman–Crippen LogP) is 5.08. The molecule has 0 aliphatic heterocycles. The molecule has 2 N–H and O–H groups in total. The van der Waals surface area contributed by atoms with Crippen molar-refractivity contribution in [1.29, 1.82) is 0 Å². The van der Waals surface area contributed by atoms with Gasteiger partial charge in [0.05, 0.1) is 6.10 Å². The number of carboxylic acids is 1. The van der Waals surface area contributed by atoms with Gasteiger partial charge >= 0.3 is 5.97 Å². The maximum Gasteiger partial charge on any atom is 0.303 e. The molecule has 0 rings (SSSR count). The van der Waals surface area contributed by atoms with Gasteiger partial charge in [-0.15, -0.1) is 0 Å². The summed E-state index contributed by atoms with van der Waals surface area (Å²) in [5.74, 6) is -0.701. The maximum absolute atomic E-state index is 10.3. The Kier molecular flexibility index (Phi) is 14.9. The molecular formula is C18H34O3. The van der Waals surface area contributed by atoms with E-state index in [1.165, 1.54) is 32.1 Å². The van der Waals surface area contributed by atoms with Crippen molar-refractivity contribution in [2.45, 2.75) is 96.5 Å². The highest BCUT2D eigenvalue weighted by Gasteiger charge is 1.99. The topological polar surface area (TPSA) is 57.5 Å². The standard InChI is InChI=1S/C18H34O3/c1-2-3-4-5-8-11-14-17(19)15-12-9-6-7-10-13-16-18(20)21/h12,15,17,19H,2-11,13-14,16H2,1H3,(H,20,21). The van der Waals surface area contributed by atoms with Crippen molar-refractivity contribution in [3.8, 4) is 0 Å². The monoisotopic (exact) mass is 298 g/mol. The van der Waals surface area contributed by atoms with E-state index in [2.05, 4.69) is 13.0 Å². The normalized spacial score (nSPS) is 12.9. The van der Waals surface area contributed by atoms with Gasteiger partial charge in [-0.05, 0) is 25.7 Å². The molecule has 0 saturated heterocycles. The molecule has 0 bridgehead atoms. The van der Waals surface area contributed by atoms with E-state index in [0.29, 0.717) is 0 Å². The number of carboxylic acid groups (broad SMARTS) is 1. The molecule has 21 heavy (non-hydrogen) atoms. The van der Waals surface area contributed by atoms with Gasteiger partial charge in [-0.25, -0.2) is 0 Å². The van der Waals surface area contributed by atoms with Crippen molar-refractivity contribution in [2.75, 3.05) is 0 Å². The second-order valence-corrected chi connectivity index (χ2v) is 5.90. The van der Waals surface area contributed by atoms with Crippen LogP contribution in [0.3, 0.4) is 0 Å². The summed E-state index contributed by atoms with van der Waals surface area (Å²) < 4.78 is 0. The molecule has 0 aliphatic carbocycles. The highest BCUT2D eigenvalue weighted by atomic mass is 16.4. The number of hydrogen-bond acceptors (Lipinski definition) is 2. The lowest BCUT2D eigenvalue weighted by atomic mass is 10.1. The van der Waals surface area contributed by atoms with Crippen LogP contribution in [0.2, 0.25) is 0 Å². The predicted molar refractivity (Wildman–Crippen MR) is 88.5 cm³/mol. The first-order chi connectivity index (χ1) is 10.2. The van der Waals surface area contributed by atoms with Crippen molar-refractivity contribution in [3.63, 3.8) is 0 Å². The molecule has 1 unspecified atom stereocenters. The number of carbonyl (C=O) groups is 1. The van der Waals surface area contributed by atoms with Gasteiger partial charge in [-0.2, -0.15) is 0 Å². The lowest BCUT2D eigenvalue weighted by Gasteiger charge is -2.05. The smallest absolute Gasteiger partial charge is 0.303 e. The van der Waals surface area contributed by atoms with Gasteiger partial charge in [-0.1, -0.05) is 70.4 Å². The average molecular weight is 298 g/mol. The zero-order chi connectivity index (χ0) is 15.8. The average Bonchev–Trinajstić information content (AvgIpc) is 2.45. The second kappa shape index (κ2) is 15.6. The van der Waals surface area contributed by atoms with Crippen LogP contribution in [0.1, 0.15) is 90.4 Å². The summed E-state index contributed by atoms with van der Waals surface area (Å²) in [4.78, 5) is 10.3. The quantitative estimate of drug-likeness (QED) is 0.327. The van der Waals surface area contributed by atoms with Gasteiger partial charge in [-0.3, -0.25) is 4.79 Å². The highest BCUT2D eigenvalue weighted by molar-refractivity contribution is 5.66. The highest BCUT2D eigenvalue weighted by Crippen LogP contribution is 2.10. The summed E-state index contributed by atoms with van der Waals surface area (Å²) in [6.45, 7) is 2.22. The molecule has 0 aromatic heterocycles.